The summed E-state index contributed by atoms with van der Waals surface area (Å²) < 4.78 is 69.2. The number of hydrogen-bond donors (Lipinski definition) is 1. The van der Waals surface area contributed by atoms with Crippen molar-refractivity contribution in [3.05, 3.63) is 70.0 Å². The van der Waals surface area contributed by atoms with Gasteiger partial charge in [0.1, 0.15) is 0 Å². The molecular weight excluding hydrogens is 405 g/mol. The Balaban J connectivity index is 2.13. The molecule has 0 saturated carbocycles. The van der Waals surface area contributed by atoms with E-state index in [9.17, 15) is 26.4 Å². The smallest absolute Gasteiger partial charge is 0.311 e. The second-order valence-electron chi connectivity index (χ2n) is 7.02. The van der Waals surface area contributed by atoms with E-state index in [1.165, 1.54) is 19.2 Å². The zero-order chi connectivity index (χ0) is 21.6. The molecule has 0 amide bonds. The Morgan fingerprint density at radius 3 is 2.34 bits per heavy atom. The predicted molar refractivity (Wildman–Crippen MR) is 106 cm³/mol. The summed E-state index contributed by atoms with van der Waals surface area (Å²) in [5.41, 5.74) is -0.782. The number of rotatable bonds is 4. The van der Waals surface area contributed by atoms with Gasteiger partial charge in [-0.2, -0.15) is 13.2 Å². The summed E-state index contributed by atoms with van der Waals surface area (Å²) in [5, 5.41) is -0.363. The molecule has 29 heavy (non-hydrogen) atoms. The number of halogens is 3. The molecule has 0 aliphatic rings. The summed E-state index contributed by atoms with van der Waals surface area (Å²) in [7, 11) is -2.81. The van der Waals surface area contributed by atoms with E-state index in [0.29, 0.717) is 11.8 Å². The van der Waals surface area contributed by atoms with Gasteiger partial charge in [-0.15, -0.1) is 0 Å². The van der Waals surface area contributed by atoms with Crippen LogP contribution in [0, 0.1) is 0 Å². The molecule has 1 N–H and O–H groups in total. The number of hydrogen-bond acceptors (Lipinski definition) is 3. The van der Waals surface area contributed by atoms with Crippen LogP contribution in [0.3, 0.4) is 0 Å². The summed E-state index contributed by atoms with van der Waals surface area (Å²) in [6.07, 6.45) is -4.80. The average molecular weight is 424 g/mol. The van der Waals surface area contributed by atoms with Crippen LogP contribution in [0.15, 0.2) is 58.2 Å². The summed E-state index contributed by atoms with van der Waals surface area (Å²) >= 11 is 0. The Hall–Kier alpha value is -2.81. The first-order valence-electron chi connectivity index (χ1n) is 8.74. The van der Waals surface area contributed by atoms with Crippen molar-refractivity contribution < 1.29 is 21.6 Å². The van der Waals surface area contributed by atoms with Crippen LogP contribution in [-0.2, 0) is 23.2 Å². The van der Waals surface area contributed by atoms with E-state index in [4.69, 9.17) is 0 Å². The SMILES string of the molecule is CC(C)c1cccc(NS(=O)(=O)c2ccc3c(c2)c(C(F)(F)F)cc(=O)n3C)c1. The molecule has 3 rings (SSSR count). The lowest BCUT2D eigenvalue weighted by molar-refractivity contribution is -0.136. The molecule has 0 bridgehead atoms. The Morgan fingerprint density at radius 2 is 1.72 bits per heavy atom. The van der Waals surface area contributed by atoms with Gasteiger partial charge in [0.25, 0.3) is 15.6 Å². The lowest BCUT2D eigenvalue weighted by Gasteiger charge is -2.15. The molecule has 0 spiro atoms. The van der Waals surface area contributed by atoms with Crippen molar-refractivity contribution in [2.24, 2.45) is 7.05 Å². The third-order valence-electron chi connectivity index (χ3n) is 4.64. The Morgan fingerprint density at radius 1 is 1.03 bits per heavy atom. The van der Waals surface area contributed by atoms with Crippen molar-refractivity contribution in [2.75, 3.05) is 4.72 Å². The van der Waals surface area contributed by atoms with E-state index in [1.54, 1.807) is 18.2 Å². The first kappa shape index (κ1) is 20.9. The lowest BCUT2D eigenvalue weighted by atomic mass is 10.0. The van der Waals surface area contributed by atoms with Gasteiger partial charge in [0, 0.05) is 24.2 Å². The third kappa shape index (κ3) is 4.14. The molecule has 5 nitrogen and oxygen atoms in total. The summed E-state index contributed by atoms with van der Waals surface area (Å²) in [4.78, 5) is 11.5. The maximum Gasteiger partial charge on any atom is 0.417 e. The molecule has 154 valence electrons. The van der Waals surface area contributed by atoms with Crippen molar-refractivity contribution >= 4 is 26.6 Å². The van der Waals surface area contributed by atoms with E-state index >= 15 is 0 Å². The molecular formula is C20H19F3N2O3S. The van der Waals surface area contributed by atoms with Crippen LogP contribution in [-0.4, -0.2) is 13.0 Å². The van der Waals surface area contributed by atoms with E-state index in [2.05, 4.69) is 4.72 Å². The van der Waals surface area contributed by atoms with Gasteiger partial charge in [0.2, 0.25) is 0 Å². The van der Waals surface area contributed by atoms with Crippen LogP contribution in [0.5, 0.6) is 0 Å². The van der Waals surface area contributed by atoms with Gasteiger partial charge in [-0.25, -0.2) is 8.42 Å². The molecule has 9 heteroatoms. The predicted octanol–water partition coefficient (Wildman–Crippen LogP) is 4.48. The van der Waals surface area contributed by atoms with Crippen LogP contribution in [0.25, 0.3) is 10.9 Å². The van der Waals surface area contributed by atoms with Crippen molar-refractivity contribution in [1.82, 2.24) is 4.57 Å². The Bertz CT molecular complexity index is 1250. The molecule has 2 aromatic carbocycles. The molecule has 0 unspecified atom stereocenters. The standard InChI is InChI=1S/C20H19F3N2O3S/c1-12(2)13-5-4-6-14(9-13)24-29(27,28)15-7-8-18-16(10-15)17(20(21,22)23)11-19(26)25(18)3/h4-12,24H,1-3H3. The monoisotopic (exact) mass is 424 g/mol. The highest BCUT2D eigenvalue weighted by atomic mass is 32.2. The highest BCUT2D eigenvalue weighted by Crippen LogP contribution is 2.34. The third-order valence-corrected chi connectivity index (χ3v) is 6.02. The summed E-state index contributed by atoms with van der Waals surface area (Å²) in [5.74, 6) is 0.177. The number of aromatic nitrogens is 1. The molecule has 0 aliphatic carbocycles. The largest absolute Gasteiger partial charge is 0.417 e. The number of nitrogens with one attached hydrogen (secondary N) is 1. The fourth-order valence-corrected chi connectivity index (χ4v) is 4.09. The minimum atomic E-state index is -4.80. The fraction of sp³-hybridized carbons (Fsp3) is 0.250. The van der Waals surface area contributed by atoms with Gasteiger partial charge in [-0.05, 0) is 41.8 Å². The first-order chi connectivity index (χ1) is 13.4. The molecule has 0 aliphatic heterocycles. The number of fused-ring (bicyclic) bond motifs is 1. The van der Waals surface area contributed by atoms with Crippen molar-refractivity contribution in [3.8, 4) is 0 Å². The van der Waals surface area contributed by atoms with Gasteiger partial charge in [0.15, 0.2) is 0 Å². The first-order valence-corrected chi connectivity index (χ1v) is 10.2. The minimum absolute atomic E-state index is 0.00872. The number of aryl methyl sites for hydroxylation is 1. The van der Waals surface area contributed by atoms with Crippen LogP contribution in [0.1, 0.15) is 30.9 Å². The maximum atomic E-state index is 13.4. The van der Waals surface area contributed by atoms with Crippen LogP contribution < -0.4 is 10.3 Å². The minimum Gasteiger partial charge on any atom is -0.311 e. The van der Waals surface area contributed by atoms with Crippen molar-refractivity contribution in [3.63, 3.8) is 0 Å². The number of benzene rings is 2. The number of nitrogens with zero attached hydrogens (tertiary/aromatic N) is 1. The molecule has 1 heterocycles. The topological polar surface area (TPSA) is 68.2 Å². The van der Waals surface area contributed by atoms with E-state index in [0.717, 1.165) is 16.2 Å². The molecule has 0 fully saturated rings. The zero-order valence-electron chi connectivity index (χ0n) is 15.9. The second kappa shape index (κ2) is 7.22. The number of alkyl halides is 3. The number of pyridine rings is 1. The molecule has 3 aromatic rings. The zero-order valence-corrected chi connectivity index (χ0v) is 16.7. The molecule has 0 atom stereocenters. The highest BCUT2D eigenvalue weighted by molar-refractivity contribution is 7.92. The maximum absolute atomic E-state index is 13.4. The fourth-order valence-electron chi connectivity index (χ4n) is 3.02. The number of anilines is 1. The summed E-state index contributed by atoms with van der Waals surface area (Å²) in [6.45, 7) is 3.92. The second-order valence-corrected chi connectivity index (χ2v) is 8.70. The number of sulfonamides is 1. The normalized spacial score (nSPS) is 12.5. The van der Waals surface area contributed by atoms with Crippen LogP contribution in [0.2, 0.25) is 0 Å². The molecule has 0 saturated heterocycles. The lowest BCUT2D eigenvalue weighted by Crippen LogP contribution is -2.21. The van der Waals surface area contributed by atoms with E-state index in [-0.39, 0.29) is 21.7 Å². The molecule has 1 aromatic heterocycles. The Kier molecular flexibility index (Phi) is 5.20. The van der Waals surface area contributed by atoms with Gasteiger partial charge in [0.05, 0.1) is 16.0 Å². The van der Waals surface area contributed by atoms with Crippen LogP contribution in [0.4, 0.5) is 18.9 Å². The van der Waals surface area contributed by atoms with E-state index < -0.39 is 27.3 Å². The van der Waals surface area contributed by atoms with Gasteiger partial charge >= 0.3 is 6.18 Å². The van der Waals surface area contributed by atoms with Gasteiger partial charge in [-0.1, -0.05) is 26.0 Å². The highest BCUT2D eigenvalue weighted by Gasteiger charge is 2.34. The van der Waals surface area contributed by atoms with Gasteiger partial charge in [-0.3, -0.25) is 9.52 Å². The van der Waals surface area contributed by atoms with Gasteiger partial charge < -0.3 is 4.57 Å². The quantitative estimate of drug-likeness (QED) is 0.671. The van der Waals surface area contributed by atoms with Crippen molar-refractivity contribution in [1.29, 1.82) is 0 Å². The Labute approximate surface area is 165 Å². The van der Waals surface area contributed by atoms with Crippen molar-refractivity contribution in [2.45, 2.75) is 30.8 Å². The summed E-state index contributed by atoms with van der Waals surface area (Å²) in [6, 6.07) is 10.6. The molecule has 0 radical (unpaired) electrons. The van der Waals surface area contributed by atoms with Crippen LogP contribution >= 0.6 is 0 Å². The average Bonchev–Trinajstić information content (AvgIpc) is 2.63. The van der Waals surface area contributed by atoms with E-state index in [1.807, 2.05) is 19.9 Å².